The SMILES string of the molecule is Cc1ccc(C2=Cc3c(cc(C)c(C)c3-c3cc(C(C)(C)C)cc(C(C)(C)C)c3)[CH]2[Zr]([CH3])([CH3])(=[SiH2])[CH]2C(c3ccc(C)o3)=Cc3c2cc(C)c(C)c3-c2cc(C(C)(C)C)cc(C(C)(C)C)c2)o1.Cl.Cl. The third kappa shape index (κ3) is 9.44. The predicted molar refractivity (Wildman–Crippen MR) is 300 cm³/mol. The molecular formula is C62H80Cl2O2SiZr. The summed E-state index contributed by atoms with van der Waals surface area (Å²) in [5, 5.41) is 0. The molecule has 0 amide bonds. The minimum Gasteiger partial charge on any atom is -0.147 e. The molecule has 2 heterocycles. The van der Waals surface area contributed by atoms with Gasteiger partial charge in [0.2, 0.25) is 0 Å². The number of aryl methyl sites for hydroxylation is 4. The Labute approximate surface area is 425 Å². The van der Waals surface area contributed by atoms with Gasteiger partial charge in [0.05, 0.1) is 0 Å². The van der Waals surface area contributed by atoms with E-state index in [-0.39, 0.29) is 53.7 Å². The van der Waals surface area contributed by atoms with Gasteiger partial charge in [0.25, 0.3) is 0 Å². The summed E-state index contributed by atoms with van der Waals surface area (Å²) in [6, 6.07) is 28.8. The average molecular weight is 1050 g/mol. The van der Waals surface area contributed by atoms with E-state index in [0.717, 1.165) is 23.0 Å². The summed E-state index contributed by atoms with van der Waals surface area (Å²) in [6.45, 7) is 44.2. The Morgan fingerprint density at radius 2 is 0.735 bits per heavy atom. The van der Waals surface area contributed by atoms with Gasteiger partial charge in [-0.15, -0.1) is 24.8 Å². The van der Waals surface area contributed by atoms with Crippen molar-refractivity contribution in [3.63, 3.8) is 0 Å². The first-order chi connectivity index (χ1) is 30.2. The van der Waals surface area contributed by atoms with Crippen LogP contribution in [0.3, 0.4) is 0 Å². The molecule has 2 aromatic heterocycles. The maximum absolute atomic E-state index is 6.77. The molecule has 6 aromatic rings. The maximum Gasteiger partial charge on any atom is -0.147 e. The molecule has 0 saturated carbocycles. The summed E-state index contributed by atoms with van der Waals surface area (Å²) in [7, 11) is 0. The quantitative estimate of drug-likeness (QED) is 0.155. The molecule has 0 N–H and O–H groups in total. The minimum atomic E-state index is -4.40. The van der Waals surface area contributed by atoms with Gasteiger partial charge >= 0.3 is 404 Å². The summed E-state index contributed by atoms with van der Waals surface area (Å²) in [5.74, 6) is 3.89. The molecule has 2 nitrogen and oxygen atoms in total. The van der Waals surface area contributed by atoms with Gasteiger partial charge in [-0.3, -0.25) is 0 Å². The van der Waals surface area contributed by atoms with Gasteiger partial charge in [-0.2, -0.15) is 0 Å². The van der Waals surface area contributed by atoms with Gasteiger partial charge in [0.15, 0.2) is 0 Å². The maximum atomic E-state index is 6.77. The molecular weight excluding hydrogens is 967 g/mol. The molecule has 2 aliphatic carbocycles. The van der Waals surface area contributed by atoms with Crippen LogP contribution in [0, 0.1) is 41.5 Å². The van der Waals surface area contributed by atoms with Crippen LogP contribution in [0.5, 0.6) is 0 Å². The van der Waals surface area contributed by atoms with E-state index in [1.807, 2.05) is 0 Å². The average Bonchev–Trinajstić information content (AvgIpc) is 3.99. The second-order valence-electron chi connectivity index (χ2n) is 25.8. The van der Waals surface area contributed by atoms with E-state index in [1.165, 1.54) is 100 Å². The first-order valence-electron chi connectivity index (χ1n) is 24.5. The fourth-order valence-corrected chi connectivity index (χ4v) is 29.7. The third-order valence-corrected chi connectivity index (χ3v) is 32.7. The van der Waals surface area contributed by atoms with E-state index in [2.05, 4.69) is 226 Å². The Hall–Kier alpha value is -3.40. The molecule has 2 atom stereocenters. The van der Waals surface area contributed by atoms with Crippen LogP contribution < -0.4 is 0 Å². The third-order valence-electron chi connectivity index (χ3n) is 15.5. The molecule has 0 aliphatic heterocycles. The Kier molecular flexibility index (Phi) is 14.1. The van der Waals surface area contributed by atoms with Crippen molar-refractivity contribution in [3.8, 4) is 22.3 Å². The first-order valence-corrected chi connectivity index (χ1v) is 38.2. The molecule has 2 aliphatic rings. The summed E-state index contributed by atoms with van der Waals surface area (Å²) >= 11 is -4.40. The van der Waals surface area contributed by atoms with Crippen molar-refractivity contribution in [2.75, 3.05) is 0 Å². The van der Waals surface area contributed by atoms with E-state index in [9.17, 15) is 0 Å². The van der Waals surface area contributed by atoms with Crippen molar-refractivity contribution in [3.05, 3.63) is 163 Å². The zero-order valence-electron chi connectivity index (χ0n) is 45.1. The molecule has 0 radical (unpaired) electrons. The van der Waals surface area contributed by atoms with Crippen LogP contribution in [-0.4, -0.2) is 6.88 Å². The molecule has 8 rings (SSSR count). The van der Waals surface area contributed by atoms with Gasteiger partial charge in [-0.25, -0.2) is 0 Å². The second-order valence-corrected chi connectivity index (χ2v) is 56.3. The van der Waals surface area contributed by atoms with Crippen LogP contribution in [0.1, 0.15) is 180 Å². The van der Waals surface area contributed by atoms with E-state index in [1.54, 1.807) is 0 Å². The van der Waals surface area contributed by atoms with Crippen molar-refractivity contribution in [2.45, 2.75) is 163 Å². The zero-order chi connectivity index (χ0) is 48.6. The summed E-state index contributed by atoms with van der Waals surface area (Å²) in [6.07, 6.45) is 5.12. The fraction of sp³-hybridized carbons (Fsp3) is 0.419. The Balaban J connectivity index is 0.00000381. The summed E-state index contributed by atoms with van der Waals surface area (Å²) < 4.78 is 19.4. The van der Waals surface area contributed by atoms with E-state index < -0.39 is 17.4 Å². The minimum absolute atomic E-state index is 0. The van der Waals surface area contributed by atoms with Crippen molar-refractivity contribution in [1.82, 2.24) is 0 Å². The molecule has 0 bridgehead atoms. The fourth-order valence-electron chi connectivity index (χ4n) is 11.4. The van der Waals surface area contributed by atoms with Gasteiger partial charge in [0.1, 0.15) is 0 Å². The summed E-state index contributed by atoms with van der Waals surface area (Å²) in [4.78, 5) is 0. The molecule has 2 unspecified atom stereocenters. The van der Waals surface area contributed by atoms with Crippen LogP contribution in [-0.2, 0) is 39.1 Å². The van der Waals surface area contributed by atoms with Crippen LogP contribution in [0.25, 0.3) is 45.6 Å². The van der Waals surface area contributed by atoms with E-state index >= 15 is 0 Å². The monoisotopic (exact) mass is 1040 g/mol. The number of hydrogen-bond acceptors (Lipinski definition) is 2. The Morgan fingerprint density at radius 1 is 0.441 bits per heavy atom. The van der Waals surface area contributed by atoms with Crippen molar-refractivity contribution in [2.24, 2.45) is 0 Å². The van der Waals surface area contributed by atoms with Crippen LogP contribution in [0.4, 0.5) is 0 Å². The molecule has 0 spiro atoms. The number of halogens is 2. The Morgan fingerprint density at radius 3 is 0.985 bits per heavy atom. The van der Waals surface area contributed by atoms with Crippen molar-refractivity contribution in [1.29, 1.82) is 0 Å². The largest absolute Gasteiger partial charge is 0.147 e. The van der Waals surface area contributed by atoms with Gasteiger partial charge < -0.3 is 0 Å². The molecule has 6 heteroatoms. The first kappa shape index (κ1) is 53.9. The van der Waals surface area contributed by atoms with Gasteiger partial charge in [-0.05, 0) is 0 Å². The van der Waals surface area contributed by atoms with Gasteiger partial charge in [0, 0.05) is 0 Å². The molecule has 0 fully saturated rings. The molecule has 362 valence electrons. The number of furan rings is 2. The van der Waals surface area contributed by atoms with Crippen LogP contribution in [0.2, 0.25) is 9.26 Å². The van der Waals surface area contributed by atoms with E-state index in [4.69, 9.17) is 8.83 Å². The topological polar surface area (TPSA) is 26.3 Å². The van der Waals surface area contributed by atoms with E-state index in [0.29, 0.717) is 0 Å². The zero-order valence-corrected chi connectivity index (χ0v) is 50.6. The van der Waals surface area contributed by atoms with Crippen LogP contribution >= 0.6 is 24.8 Å². The number of fused-ring (bicyclic) bond motifs is 2. The smallest absolute Gasteiger partial charge is 0.147 e. The number of hydrogen-bond donors (Lipinski definition) is 0. The van der Waals surface area contributed by atoms with Gasteiger partial charge in [-0.1, -0.05) is 0 Å². The molecule has 4 aromatic carbocycles. The van der Waals surface area contributed by atoms with Crippen LogP contribution in [0.15, 0.2) is 81.6 Å². The predicted octanol–water partition coefficient (Wildman–Crippen LogP) is 18.3. The van der Waals surface area contributed by atoms with Crippen molar-refractivity contribution < 1.29 is 26.2 Å². The summed E-state index contributed by atoms with van der Waals surface area (Å²) in [5.41, 5.74) is 24.6. The Bertz CT molecular complexity index is 2850. The number of rotatable bonds is 6. The molecule has 0 saturated heterocycles. The molecule has 68 heavy (non-hydrogen) atoms. The normalized spacial score (nSPS) is 16.5. The number of benzene rings is 4. The number of allylic oxidation sites excluding steroid dienone is 2. The second kappa shape index (κ2) is 17.7. The van der Waals surface area contributed by atoms with Crippen molar-refractivity contribution >= 4 is 55.0 Å². The standard InChI is InChI=1S/2C30H35O.2CH3.2ClH.H2Si.Zr/c2*1-18-12-21-13-22(27-11-10-19(2)31-27)16-26(21)28(20(18)3)23-14-24(29(4,5)6)17-25(15-23)30(7,8)9;;;;;;/h2*10-17H,1-9H3;2*1H3;2*1H;1H2;.